The normalized spacial score (nSPS) is 20.1. The van der Waals surface area contributed by atoms with Crippen molar-refractivity contribution in [2.24, 2.45) is 0 Å². The molecule has 1 N–H and O–H groups in total. The predicted octanol–water partition coefficient (Wildman–Crippen LogP) is 2.24. The molecule has 0 unspecified atom stereocenters. The second-order valence-corrected chi connectivity index (χ2v) is 4.37. The van der Waals surface area contributed by atoms with Gasteiger partial charge >= 0.3 is 5.97 Å². The molecule has 1 aromatic rings. The van der Waals surface area contributed by atoms with Crippen molar-refractivity contribution in [2.75, 3.05) is 13.2 Å². The van der Waals surface area contributed by atoms with E-state index in [1.807, 2.05) is 0 Å². The van der Waals surface area contributed by atoms with Crippen molar-refractivity contribution in [1.82, 2.24) is 9.78 Å². The van der Waals surface area contributed by atoms with Gasteiger partial charge in [-0.25, -0.2) is 13.6 Å². The molecular formula is C9H9BrF2N2O3. The number of hydrogen-bond acceptors (Lipinski definition) is 3. The first-order valence-corrected chi connectivity index (χ1v) is 5.68. The van der Waals surface area contributed by atoms with Gasteiger partial charge in [-0.2, -0.15) is 5.10 Å². The molecule has 0 saturated carbocycles. The summed E-state index contributed by atoms with van der Waals surface area (Å²) < 4.78 is 31.9. The molecule has 1 fully saturated rings. The van der Waals surface area contributed by atoms with Crippen LogP contribution in [-0.4, -0.2) is 34.1 Å². The van der Waals surface area contributed by atoms with Crippen LogP contribution in [0.1, 0.15) is 34.9 Å². The van der Waals surface area contributed by atoms with Crippen LogP contribution in [-0.2, 0) is 4.74 Å². The van der Waals surface area contributed by atoms with Crippen molar-refractivity contribution in [1.29, 1.82) is 0 Å². The number of carbonyl (C=O) groups is 1. The maximum atomic E-state index is 12.9. The van der Waals surface area contributed by atoms with Gasteiger partial charge in [0.1, 0.15) is 15.9 Å². The van der Waals surface area contributed by atoms with Gasteiger partial charge in [-0.3, -0.25) is 4.68 Å². The number of aromatic carboxylic acids is 1. The van der Waals surface area contributed by atoms with E-state index in [-0.39, 0.29) is 17.3 Å². The highest BCUT2D eigenvalue weighted by atomic mass is 79.9. The van der Waals surface area contributed by atoms with Gasteiger partial charge in [-0.15, -0.1) is 0 Å². The average molecular weight is 311 g/mol. The van der Waals surface area contributed by atoms with Crippen LogP contribution in [0.2, 0.25) is 0 Å². The number of nitrogens with zero attached hydrogens (tertiary/aromatic N) is 2. The summed E-state index contributed by atoms with van der Waals surface area (Å²) in [5.74, 6) is -1.42. The molecule has 2 heterocycles. The Labute approximate surface area is 103 Å². The fourth-order valence-corrected chi connectivity index (χ4v) is 2.36. The smallest absolute Gasteiger partial charge is 0.340 e. The largest absolute Gasteiger partial charge is 0.478 e. The van der Waals surface area contributed by atoms with E-state index < -0.39 is 23.7 Å². The number of alkyl halides is 2. The van der Waals surface area contributed by atoms with Gasteiger partial charge in [0.2, 0.25) is 0 Å². The van der Waals surface area contributed by atoms with Crippen LogP contribution in [0.15, 0.2) is 4.60 Å². The molecule has 0 bridgehead atoms. The van der Waals surface area contributed by atoms with Crippen molar-refractivity contribution in [3.05, 3.63) is 15.9 Å². The number of rotatable bonds is 3. The highest BCUT2D eigenvalue weighted by molar-refractivity contribution is 9.10. The van der Waals surface area contributed by atoms with Crippen LogP contribution < -0.4 is 0 Å². The van der Waals surface area contributed by atoms with E-state index in [1.54, 1.807) is 0 Å². The van der Waals surface area contributed by atoms with Crippen molar-refractivity contribution in [2.45, 2.75) is 18.9 Å². The van der Waals surface area contributed by atoms with Crippen molar-refractivity contribution < 1.29 is 23.4 Å². The number of ether oxygens (including phenoxy) is 1. The minimum Gasteiger partial charge on any atom is -0.478 e. The molecule has 0 amide bonds. The Kier molecular flexibility index (Phi) is 3.43. The van der Waals surface area contributed by atoms with Crippen LogP contribution in [0.25, 0.3) is 0 Å². The average Bonchev–Trinajstić information content (AvgIpc) is 2.82. The Hall–Kier alpha value is -1.02. The molecule has 0 aromatic carbocycles. The van der Waals surface area contributed by atoms with E-state index in [1.165, 1.54) is 0 Å². The summed E-state index contributed by atoms with van der Waals surface area (Å²) in [5, 5.41) is 12.7. The molecule has 0 spiro atoms. The van der Waals surface area contributed by atoms with E-state index in [0.717, 1.165) is 4.68 Å². The van der Waals surface area contributed by atoms with Crippen LogP contribution in [0.5, 0.6) is 0 Å². The SMILES string of the molecule is O=C(O)c1c(Br)nn([C@H]2CCOC2)c1C(F)F. The zero-order valence-electron chi connectivity index (χ0n) is 8.57. The van der Waals surface area contributed by atoms with Crippen molar-refractivity contribution in [3.63, 3.8) is 0 Å². The molecule has 2 rings (SSSR count). The Balaban J connectivity index is 2.51. The predicted molar refractivity (Wildman–Crippen MR) is 56.3 cm³/mol. The summed E-state index contributed by atoms with van der Waals surface area (Å²) in [5.41, 5.74) is -1.05. The molecule has 0 aliphatic carbocycles. The fourth-order valence-electron chi connectivity index (χ4n) is 1.82. The van der Waals surface area contributed by atoms with Crippen LogP contribution in [0.3, 0.4) is 0 Å². The maximum Gasteiger partial charge on any atom is 0.340 e. The molecule has 17 heavy (non-hydrogen) atoms. The summed E-state index contributed by atoms with van der Waals surface area (Å²) in [7, 11) is 0. The first kappa shape index (κ1) is 12.4. The highest BCUT2D eigenvalue weighted by Gasteiger charge is 2.32. The van der Waals surface area contributed by atoms with Gasteiger partial charge in [0, 0.05) is 6.61 Å². The summed E-state index contributed by atoms with van der Waals surface area (Å²) in [6, 6.07) is -0.330. The number of aromatic nitrogens is 2. The number of carboxylic acids is 1. The van der Waals surface area contributed by atoms with Crippen LogP contribution >= 0.6 is 15.9 Å². The third-order valence-electron chi connectivity index (χ3n) is 2.58. The Morgan fingerprint density at radius 2 is 2.35 bits per heavy atom. The highest BCUT2D eigenvalue weighted by Crippen LogP contribution is 2.32. The van der Waals surface area contributed by atoms with E-state index in [2.05, 4.69) is 21.0 Å². The van der Waals surface area contributed by atoms with Gasteiger partial charge in [-0.1, -0.05) is 0 Å². The molecule has 1 atom stereocenters. The lowest BCUT2D eigenvalue weighted by atomic mass is 10.2. The van der Waals surface area contributed by atoms with Gasteiger partial charge in [0.15, 0.2) is 0 Å². The minimum absolute atomic E-state index is 0.0767. The van der Waals surface area contributed by atoms with E-state index >= 15 is 0 Å². The lowest BCUT2D eigenvalue weighted by molar-refractivity contribution is 0.0679. The lowest BCUT2D eigenvalue weighted by Crippen LogP contribution is -2.15. The topological polar surface area (TPSA) is 64.3 Å². The Morgan fingerprint density at radius 3 is 2.82 bits per heavy atom. The summed E-state index contributed by atoms with van der Waals surface area (Å²) in [6.45, 7) is 0.736. The van der Waals surface area contributed by atoms with E-state index in [4.69, 9.17) is 9.84 Å². The molecule has 8 heteroatoms. The number of carboxylic acid groups (broad SMARTS) is 1. The van der Waals surface area contributed by atoms with E-state index in [9.17, 15) is 13.6 Å². The molecule has 5 nitrogen and oxygen atoms in total. The quantitative estimate of drug-likeness (QED) is 0.930. The standard InChI is InChI=1S/C9H9BrF2N2O3/c10-7-5(9(15)16)6(8(11)12)14(13-7)4-1-2-17-3-4/h4,8H,1-3H2,(H,15,16)/t4-/m0/s1. The van der Waals surface area contributed by atoms with Crippen LogP contribution in [0, 0.1) is 0 Å². The van der Waals surface area contributed by atoms with Crippen molar-refractivity contribution >= 4 is 21.9 Å². The summed E-state index contributed by atoms with van der Waals surface area (Å²) >= 11 is 2.90. The monoisotopic (exact) mass is 310 g/mol. The third kappa shape index (κ3) is 2.19. The zero-order chi connectivity index (χ0) is 12.6. The molecular weight excluding hydrogens is 302 g/mol. The van der Waals surface area contributed by atoms with Gasteiger partial charge in [0.05, 0.1) is 12.6 Å². The molecule has 94 valence electrons. The molecule has 0 radical (unpaired) electrons. The minimum atomic E-state index is -2.89. The number of hydrogen-bond donors (Lipinski definition) is 1. The maximum absolute atomic E-state index is 12.9. The van der Waals surface area contributed by atoms with Gasteiger partial charge < -0.3 is 9.84 Å². The molecule has 1 saturated heterocycles. The van der Waals surface area contributed by atoms with Gasteiger partial charge in [-0.05, 0) is 22.4 Å². The second kappa shape index (κ2) is 4.69. The molecule has 1 aliphatic rings. The zero-order valence-corrected chi connectivity index (χ0v) is 10.2. The molecule has 1 aromatic heterocycles. The first-order chi connectivity index (χ1) is 8.02. The Morgan fingerprint density at radius 1 is 1.65 bits per heavy atom. The van der Waals surface area contributed by atoms with E-state index in [0.29, 0.717) is 13.0 Å². The summed E-state index contributed by atoms with van der Waals surface area (Å²) in [4.78, 5) is 10.9. The van der Waals surface area contributed by atoms with Crippen molar-refractivity contribution in [3.8, 4) is 0 Å². The van der Waals surface area contributed by atoms with Crippen LogP contribution in [0.4, 0.5) is 8.78 Å². The third-order valence-corrected chi connectivity index (χ3v) is 3.13. The fraction of sp³-hybridized carbons (Fsp3) is 0.556. The second-order valence-electron chi connectivity index (χ2n) is 3.62. The lowest BCUT2D eigenvalue weighted by Gasteiger charge is -2.12. The Bertz CT molecular complexity index is 444. The molecule has 1 aliphatic heterocycles. The first-order valence-electron chi connectivity index (χ1n) is 4.89. The number of halogens is 3. The van der Waals surface area contributed by atoms with Gasteiger partial charge in [0.25, 0.3) is 6.43 Å². The summed E-state index contributed by atoms with van der Waals surface area (Å²) in [6.07, 6.45) is -2.34.